The first-order valence-corrected chi connectivity index (χ1v) is 7.76. The van der Waals surface area contributed by atoms with Gasteiger partial charge < -0.3 is 19.4 Å². The highest BCUT2D eigenvalue weighted by molar-refractivity contribution is 5.92. The lowest BCUT2D eigenvalue weighted by Gasteiger charge is -2.10. The van der Waals surface area contributed by atoms with Gasteiger partial charge in [-0.1, -0.05) is 6.08 Å². The molecule has 2 heterocycles. The van der Waals surface area contributed by atoms with E-state index in [0.29, 0.717) is 6.54 Å². The lowest BCUT2D eigenvalue weighted by Crippen LogP contribution is -2.20. The number of amides is 1. The molecule has 0 spiro atoms. The molecule has 124 valence electrons. The summed E-state index contributed by atoms with van der Waals surface area (Å²) in [6.45, 7) is 8.36. The molecule has 5 heteroatoms. The molecule has 0 unspecified atom stereocenters. The maximum Gasteiger partial charge on any atom is 0.244 e. The molecule has 1 aliphatic heterocycles. The number of nitrogens with one attached hydrogen (secondary N) is 1. The number of carbonyl (C=O) groups excluding carboxylic acids is 1. The second kappa shape index (κ2) is 6.66. The Labute approximate surface area is 141 Å². The van der Waals surface area contributed by atoms with Crippen molar-refractivity contribution in [3.63, 3.8) is 0 Å². The fourth-order valence-electron chi connectivity index (χ4n) is 2.78. The van der Waals surface area contributed by atoms with Crippen LogP contribution in [-0.2, 0) is 4.79 Å². The van der Waals surface area contributed by atoms with Crippen molar-refractivity contribution in [2.45, 2.75) is 13.8 Å². The van der Waals surface area contributed by atoms with Gasteiger partial charge in [-0.25, -0.2) is 0 Å². The number of fused-ring (bicyclic) bond motifs is 1. The summed E-state index contributed by atoms with van der Waals surface area (Å²) < 4.78 is 12.9. The average Bonchev–Trinajstić information content (AvgIpc) is 3.14. The fraction of sp³-hybridized carbons (Fsp3) is 0.211. The Hall–Kier alpha value is -2.95. The average molecular weight is 324 g/mol. The van der Waals surface area contributed by atoms with Crippen LogP contribution in [0.5, 0.6) is 11.5 Å². The quantitative estimate of drug-likeness (QED) is 0.679. The molecule has 0 atom stereocenters. The van der Waals surface area contributed by atoms with Gasteiger partial charge in [-0.2, -0.15) is 0 Å². The summed E-state index contributed by atoms with van der Waals surface area (Å²) in [5.74, 6) is 1.38. The highest BCUT2D eigenvalue weighted by Crippen LogP contribution is 2.34. The molecule has 0 bridgehead atoms. The van der Waals surface area contributed by atoms with Crippen molar-refractivity contribution in [1.82, 2.24) is 9.88 Å². The smallest absolute Gasteiger partial charge is 0.244 e. The molecule has 24 heavy (non-hydrogen) atoms. The van der Waals surface area contributed by atoms with Crippen LogP contribution in [-0.4, -0.2) is 23.8 Å². The molecule has 1 N–H and O–H groups in total. The molecule has 1 aliphatic rings. The zero-order chi connectivity index (χ0) is 17.1. The number of aromatic nitrogens is 1. The summed E-state index contributed by atoms with van der Waals surface area (Å²) in [5.41, 5.74) is 4.14. The molecule has 0 saturated heterocycles. The Morgan fingerprint density at radius 3 is 2.88 bits per heavy atom. The highest BCUT2D eigenvalue weighted by atomic mass is 16.7. The molecular formula is C19H20N2O3. The van der Waals surface area contributed by atoms with Crippen LogP contribution >= 0.6 is 0 Å². The zero-order valence-corrected chi connectivity index (χ0v) is 13.8. The van der Waals surface area contributed by atoms with Crippen LogP contribution in [0.4, 0.5) is 0 Å². The van der Waals surface area contributed by atoms with E-state index in [4.69, 9.17) is 9.47 Å². The van der Waals surface area contributed by atoms with Crippen LogP contribution in [0.15, 0.2) is 43.0 Å². The van der Waals surface area contributed by atoms with Crippen molar-refractivity contribution in [2.75, 3.05) is 13.3 Å². The number of hydrogen-bond acceptors (Lipinski definition) is 3. The number of carbonyl (C=O) groups is 1. The summed E-state index contributed by atoms with van der Waals surface area (Å²) in [5, 5.41) is 2.72. The van der Waals surface area contributed by atoms with Crippen LogP contribution < -0.4 is 14.8 Å². The van der Waals surface area contributed by atoms with Crippen LogP contribution in [0, 0.1) is 13.8 Å². The van der Waals surface area contributed by atoms with Crippen molar-refractivity contribution in [1.29, 1.82) is 0 Å². The molecule has 3 rings (SSSR count). The SMILES string of the molecule is C=CCNC(=O)/C=C/c1cc(C)n(-c2ccc3c(c2)OCO3)c1C. The Balaban J connectivity index is 1.88. The van der Waals surface area contributed by atoms with Crippen LogP contribution in [0.2, 0.25) is 0 Å². The molecule has 1 aromatic heterocycles. The van der Waals surface area contributed by atoms with Gasteiger partial charge in [-0.3, -0.25) is 4.79 Å². The molecular weight excluding hydrogens is 304 g/mol. The number of benzene rings is 1. The predicted molar refractivity (Wildman–Crippen MR) is 93.6 cm³/mol. The van der Waals surface area contributed by atoms with E-state index >= 15 is 0 Å². The third-order valence-corrected chi connectivity index (χ3v) is 3.92. The van der Waals surface area contributed by atoms with Gasteiger partial charge in [0, 0.05) is 35.8 Å². The first kappa shape index (κ1) is 15.9. The third-order valence-electron chi connectivity index (χ3n) is 3.92. The van der Waals surface area contributed by atoms with Gasteiger partial charge in [0.25, 0.3) is 0 Å². The summed E-state index contributed by atoms with van der Waals surface area (Å²) >= 11 is 0. The van der Waals surface area contributed by atoms with Crippen molar-refractivity contribution in [3.05, 3.63) is 59.9 Å². The predicted octanol–water partition coefficient (Wildman–Crippen LogP) is 3.14. The first-order chi connectivity index (χ1) is 11.6. The van der Waals surface area contributed by atoms with Gasteiger partial charge in [-0.15, -0.1) is 6.58 Å². The third kappa shape index (κ3) is 3.06. The van der Waals surface area contributed by atoms with E-state index in [1.165, 1.54) is 6.08 Å². The van der Waals surface area contributed by atoms with Gasteiger partial charge in [0.2, 0.25) is 12.7 Å². The van der Waals surface area contributed by atoms with Crippen molar-refractivity contribution in [2.24, 2.45) is 0 Å². The van der Waals surface area contributed by atoms with E-state index in [9.17, 15) is 4.79 Å². The Morgan fingerprint density at radius 1 is 1.29 bits per heavy atom. The summed E-state index contributed by atoms with van der Waals surface area (Å²) in [4.78, 5) is 11.7. The molecule has 0 saturated carbocycles. The number of aryl methyl sites for hydroxylation is 1. The molecule has 2 aromatic rings. The van der Waals surface area contributed by atoms with Gasteiger partial charge in [0.05, 0.1) is 0 Å². The standard InChI is InChI=1S/C19H20N2O3/c1-4-9-20-19(22)8-5-15-10-13(2)21(14(15)3)16-6-7-17-18(11-16)24-12-23-17/h4-8,10-11H,1,9,12H2,2-3H3,(H,20,22)/b8-5+. The van der Waals surface area contributed by atoms with Gasteiger partial charge in [0.1, 0.15) is 0 Å². The van der Waals surface area contributed by atoms with E-state index in [2.05, 4.69) is 22.5 Å². The summed E-state index contributed by atoms with van der Waals surface area (Å²) in [6, 6.07) is 7.93. The molecule has 1 amide bonds. The molecule has 0 radical (unpaired) electrons. The normalized spacial score (nSPS) is 12.6. The van der Waals surface area contributed by atoms with E-state index in [1.54, 1.807) is 6.08 Å². The van der Waals surface area contributed by atoms with Gasteiger partial charge in [-0.05, 0) is 43.7 Å². The molecule has 1 aromatic carbocycles. The maximum absolute atomic E-state index is 11.7. The van der Waals surface area contributed by atoms with Crippen LogP contribution in [0.3, 0.4) is 0 Å². The minimum Gasteiger partial charge on any atom is -0.454 e. The number of rotatable bonds is 5. The van der Waals surface area contributed by atoms with Crippen LogP contribution in [0.1, 0.15) is 17.0 Å². The van der Waals surface area contributed by atoms with Gasteiger partial charge in [0.15, 0.2) is 11.5 Å². The van der Waals surface area contributed by atoms with Crippen molar-refractivity contribution in [3.8, 4) is 17.2 Å². The number of hydrogen-bond donors (Lipinski definition) is 1. The minimum atomic E-state index is -0.136. The monoisotopic (exact) mass is 324 g/mol. The zero-order valence-electron chi connectivity index (χ0n) is 13.8. The number of nitrogens with zero attached hydrogens (tertiary/aromatic N) is 1. The summed E-state index contributed by atoms with van der Waals surface area (Å²) in [6.07, 6.45) is 5.01. The first-order valence-electron chi connectivity index (χ1n) is 7.76. The Morgan fingerprint density at radius 2 is 2.08 bits per heavy atom. The van der Waals surface area contributed by atoms with E-state index in [1.807, 2.05) is 38.1 Å². The molecule has 0 fully saturated rings. The second-order valence-corrected chi connectivity index (χ2v) is 5.57. The largest absolute Gasteiger partial charge is 0.454 e. The van der Waals surface area contributed by atoms with Gasteiger partial charge >= 0.3 is 0 Å². The highest BCUT2D eigenvalue weighted by Gasteiger charge is 2.16. The van der Waals surface area contributed by atoms with Crippen LogP contribution in [0.25, 0.3) is 11.8 Å². The lowest BCUT2D eigenvalue weighted by atomic mass is 10.2. The number of ether oxygens (including phenoxy) is 2. The van der Waals surface area contributed by atoms with E-state index in [-0.39, 0.29) is 12.7 Å². The summed E-state index contributed by atoms with van der Waals surface area (Å²) in [7, 11) is 0. The van der Waals surface area contributed by atoms with Crippen molar-refractivity contribution < 1.29 is 14.3 Å². The molecule has 5 nitrogen and oxygen atoms in total. The second-order valence-electron chi connectivity index (χ2n) is 5.57. The minimum absolute atomic E-state index is 0.136. The topological polar surface area (TPSA) is 52.5 Å². The molecule has 0 aliphatic carbocycles. The Kier molecular flexibility index (Phi) is 4.42. The lowest BCUT2D eigenvalue weighted by molar-refractivity contribution is -0.116. The van der Waals surface area contributed by atoms with E-state index < -0.39 is 0 Å². The van der Waals surface area contributed by atoms with E-state index in [0.717, 1.165) is 34.1 Å². The maximum atomic E-state index is 11.7. The fourth-order valence-corrected chi connectivity index (χ4v) is 2.78. The van der Waals surface area contributed by atoms with Crippen molar-refractivity contribution >= 4 is 12.0 Å². The Bertz CT molecular complexity index is 818.